The van der Waals surface area contributed by atoms with Crippen molar-refractivity contribution in [3.05, 3.63) is 29.5 Å². The maximum atomic E-state index is 4.68. The van der Waals surface area contributed by atoms with Gasteiger partial charge in [0, 0.05) is 37.0 Å². The second-order valence-electron chi connectivity index (χ2n) is 6.10. The number of hydrogen-bond acceptors (Lipinski definition) is 4. The lowest BCUT2D eigenvalue weighted by Crippen LogP contribution is -2.31. The first kappa shape index (κ1) is 14.2. The Morgan fingerprint density at radius 2 is 1.95 bits per heavy atom. The molecular weight excluding hydrogens is 262 g/mol. The lowest BCUT2D eigenvalue weighted by molar-refractivity contribution is 0.248. The topological polar surface area (TPSA) is 46.8 Å². The number of piperidine rings is 1. The van der Waals surface area contributed by atoms with Crippen molar-refractivity contribution in [1.29, 1.82) is 0 Å². The van der Waals surface area contributed by atoms with Crippen molar-refractivity contribution in [3.63, 3.8) is 0 Å². The minimum Gasteiger partial charge on any atom is -0.306 e. The van der Waals surface area contributed by atoms with Gasteiger partial charge in [0.25, 0.3) is 0 Å². The Kier molecular flexibility index (Phi) is 3.76. The predicted molar refractivity (Wildman–Crippen MR) is 83.2 cm³/mol. The molecule has 112 valence electrons. The molecule has 0 radical (unpaired) electrons. The van der Waals surface area contributed by atoms with Crippen LogP contribution in [0.4, 0.5) is 0 Å². The van der Waals surface area contributed by atoms with Gasteiger partial charge in [0.15, 0.2) is 0 Å². The lowest BCUT2D eigenvalue weighted by Gasteiger charge is -2.29. The van der Waals surface area contributed by atoms with E-state index in [1.807, 2.05) is 31.0 Å². The van der Waals surface area contributed by atoms with Crippen LogP contribution in [-0.2, 0) is 7.05 Å². The van der Waals surface area contributed by atoms with E-state index in [1.165, 1.54) is 19.4 Å². The highest BCUT2D eigenvalue weighted by atomic mass is 15.3. The normalized spacial score (nSPS) is 19.9. The second kappa shape index (κ2) is 5.56. The highest BCUT2D eigenvalue weighted by molar-refractivity contribution is 5.63. The summed E-state index contributed by atoms with van der Waals surface area (Å²) in [6.45, 7) is 6.37. The number of rotatable bonds is 2. The summed E-state index contributed by atoms with van der Waals surface area (Å²) in [6, 6.07) is 0. The van der Waals surface area contributed by atoms with Crippen molar-refractivity contribution < 1.29 is 0 Å². The highest BCUT2D eigenvalue weighted by Crippen LogP contribution is 2.27. The van der Waals surface area contributed by atoms with E-state index in [0.29, 0.717) is 5.92 Å². The van der Waals surface area contributed by atoms with E-state index in [1.54, 1.807) is 0 Å². The van der Waals surface area contributed by atoms with Crippen LogP contribution in [0, 0.1) is 13.8 Å². The Hall–Kier alpha value is -1.75. The second-order valence-corrected chi connectivity index (χ2v) is 6.10. The molecule has 0 saturated carbocycles. The number of hydrogen-bond donors (Lipinski definition) is 0. The summed E-state index contributed by atoms with van der Waals surface area (Å²) in [7, 11) is 4.14. The summed E-state index contributed by atoms with van der Waals surface area (Å²) < 4.78 is 1.90. The molecule has 1 atom stereocenters. The number of likely N-dealkylation sites (tertiary alicyclic amines) is 1. The number of nitrogens with zero attached hydrogens (tertiary/aromatic N) is 5. The Labute approximate surface area is 126 Å². The number of aromatic nitrogens is 4. The molecule has 0 aliphatic carbocycles. The average molecular weight is 285 g/mol. The van der Waals surface area contributed by atoms with E-state index in [4.69, 9.17) is 0 Å². The van der Waals surface area contributed by atoms with Gasteiger partial charge in [-0.05, 0) is 40.3 Å². The molecule has 3 heterocycles. The SMILES string of the molecule is Cc1nn(C)c(C)c1-c1cnc([C@@H]2CCCN(C)C2)cn1. The zero-order valence-corrected chi connectivity index (χ0v) is 13.3. The first-order chi connectivity index (χ1) is 10.1. The fourth-order valence-corrected chi connectivity index (χ4v) is 3.23. The maximum absolute atomic E-state index is 4.68. The van der Waals surface area contributed by atoms with Gasteiger partial charge in [-0.2, -0.15) is 5.10 Å². The van der Waals surface area contributed by atoms with Crippen LogP contribution in [0.1, 0.15) is 35.8 Å². The third kappa shape index (κ3) is 2.70. The van der Waals surface area contributed by atoms with Crippen molar-refractivity contribution in [2.45, 2.75) is 32.6 Å². The quantitative estimate of drug-likeness (QED) is 0.849. The third-order valence-electron chi connectivity index (χ3n) is 4.48. The van der Waals surface area contributed by atoms with Gasteiger partial charge in [-0.15, -0.1) is 0 Å². The van der Waals surface area contributed by atoms with Gasteiger partial charge in [0.05, 0.1) is 23.3 Å². The molecule has 1 aliphatic rings. The molecule has 1 fully saturated rings. The van der Waals surface area contributed by atoms with E-state index < -0.39 is 0 Å². The first-order valence-electron chi connectivity index (χ1n) is 7.57. The monoisotopic (exact) mass is 285 g/mol. The predicted octanol–water partition coefficient (Wildman–Crippen LogP) is 2.30. The molecule has 0 spiro atoms. The van der Waals surface area contributed by atoms with Gasteiger partial charge < -0.3 is 4.90 Å². The Bertz CT molecular complexity index is 629. The Morgan fingerprint density at radius 3 is 2.52 bits per heavy atom. The van der Waals surface area contributed by atoms with Crippen molar-refractivity contribution in [2.24, 2.45) is 7.05 Å². The summed E-state index contributed by atoms with van der Waals surface area (Å²) in [5.41, 5.74) is 5.29. The van der Waals surface area contributed by atoms with E-state index in [0.717, 1.165) is 34.9 Å². The molecule has 2 aromatic rings. The number of aryl methyl sites for hydroxylation is 2. The first-order valence-corrected chi connectivity index (χ1v) is 7.57. The van der Waals surface area contributed by atoms with Gasteiger partial charge in [0.2, 0.25) is 0 Å². The molecule has 5 heteroatoms. The van der Waals surface area contributed by atoms with Crippen LogP contribution in [0.25, 0.3) is 11.3 Å². The summed E-state index contributed by atoms with van der Waals surface area (Å²) in [4.78, 5) is 11.7. The van der Waals surface area contributed by atoms with Crippen LogP contribution in [-0.4, -0.2) is 44.8 Å². The van der Waals surface area contributed by atoms with E-state index >= 15 is 0 Å². The molecule has 0 N–H and O–H groups in total. The van der Waals surface area contributed by atoms with Gasteiger partial charge >= 0.3 is 0 Å². The largest absolute Gasteiger partial charge is 0.306 e. The van der Waals surface area contributed by atoms with E-state index in [2.05, 4.69) is 33.9 Å². The van der Waals surface area contributed by atoms with Crippen LogP contribution in [0.2, 0.25) is 0 Å². The molecule has 0 bridgehead atoms. The van der Waals surface area contributed by atoms with Crippen molar-refractivity contribution >= 4 is 0 Å². The molecule has 0 unspecified atom stereocenters. The summed E-state index contributed by atoms with van der Waals surface area (Å²) >= 11 is 0. The summed E-state index contributed by atoms with van der Waals surface area (Å²) in [5, 5.41) is 4.45. The van der Waals surface area contributed by atoms with Crippen LogP contribution in [0.5, 0.6) is 0 Å². The molecule has 0 aromatic carbocycles. The third-order valence-corrected chi connectivity index (χ3v) is 4.48. The van der Waals surface area contributed by atoms with Crippen molar-refractivity contribution in [3.8, 4) is 11.3 Å². The summed E-state index contributed by atoms with van der Waals surface area (Å²) in [6.07, 6.45) is 6.31. The average Bonchev–Trinajstić information content (AvgIpc) is 2.72. The maximum Gasteiger partial charge on any atom is 0.0922 e. The van der Waals surface area contributed by atoms with Crippen LogP contribution in [0.15, 0.2) is 12.4 Å². The van der Waals surface area contributed by atoms with E-state index in [-0.39, 0.29) is 0 Å². The summed E-state index contributed by atoms with van der Waals surface area (Å²) in [5.74, 6) is 0.515. The molecule has 3 rings (SSSR count). The molecule has 0 amide bonds. The smallest absolute Gasteiger partial charge is 0.0922 e. The van der Waals surface area contributed by atoms with Gasteiger partial charge in [-0.1, -0.05) is 0 Å². The molecule has 1 aliphatic heterocycles. The van der Waals surface area contributed by atoms with Crippen LogP contribution < -0.4 is 0 Å². The van der Waals surface area contributed by atoms with Crippen LogP contribution >= 0.6 is 0 Å². The molecule has 1 saturated heterocycles. The molecular formula is C16H23N5. The van der Waals surface area contributed by atoms with Crippen molar-refractivity contribution in [1.82, 2.24) is 24.6 Å². The number of likely N-dealkylation sites (N-methyl/N-ethyl adjacent to an activating group) is 1. The molecule has 5 nitrogen and oxygen atoms in total. The van der Waals surface area contributed by atoms with Gasteiger partial charge in [0.1, 0.15) is 0 Å². The fourth-order valence-electron chi connectivity index (χ4n) is 3.23. The minimum absolute atomic E-state index is 0.515. The Morgan fingerprint density at radius 1 is 1.14 bits per heavy atom. The molecule has 21 heavy (non-hydrogen) atoms. The lowest BCUT2D eigenvalue weighted by atomic mass is 9.95. The molecule has 2 aromatic heterocycles. The zero-order chi connectivity index (χ0) is 15.0. The highest BCUT2D eigenvalue weighted by Gasteiger charge is 2.21. The fraction of sp³-hybridized carbons (Fsp3) is 0.562. The van der Waals surface area contributed by atoms with Crippen LogP contribution in [0.3, 0.4) is 0 Å². The zero-order valence-electron chi connectivity index (χ0n) is 13.3. The minimum atomic E-state index is 0.515. The van der Waals surface area contributed by atoms with Gasteiger partial charge in [-0.3, -0.25) is 14.6 Å². The Balaban J connectivity index is 1.87. The van der Waals surface area contributed by atoms with Crippen molar-refractivity contribution in [2.75, 3.05) is 20.1 Å². The van der Waals surface area contributed by atoms with E-state index in [9.17, 15) is 0 Å². The van der Waals surface area contributed by atoms with Gasteiger partial charge in [-0.25, -0.2) is 0 Å². The standard InChI is InChI=1S/C16H23N5/c1-11-16(12(2)21(4)19-11)15-9-17-14(8-18-15)13-6-5-7-20(3)10-13/h8-9,13H,5-7,10H2,1-4H3/t13-/m1/s1.